The normalized spacial score (nSPS) is 25.0. The number of nitrogens with zero attached hydrogens (tertiary/aromatic N) is 1. The number of hydrogen-bond acceptors (Lipinski definition) is 3. The number of likely N-dealkylation sites (tertiary alicyclic amines) is 1. The molecule has 0 aromatic heterocycles. The van der Waals surface area contributed by atoms with Crippen molar-refractivity contribution in [1.82, 2.24) is 4.90 Å². The van der Waals surface area contributed by atoms with Crippen molar-refractivity contribution in [3.8, 4) is 5.75 Å². The van der Waals surface area contributed by atoms with E-state index in [9.17, 15) is 0 Å². The average molecular weight is 290 g/mol. The predicted molar refractivity (Wildman–Crippen MR) is 88.6 cm³/mol. The summed E-state index contributed by atoms with van der Waals surface area (Å²) in [4.78, 5) is 2.56. The Morgan fingerprint density at radius 2 is 2.10 bits per heavy atom. The molecule has 0 radical (unpaired) electrons. The van der Waals surface area contributed by atoms with Crippen LogP contribution in [0.5, 0.6) is 5.75 Å². The summed E-state index contributed by atoms with van der Waals surface area (Å²) in [5, 5.41) is 0. The summed E-state index contributed by atoms with van der Waals surface area (Å²) in [6.07, 6.45) is 2.73. The third-order valence-corrected chi connectivity index (χ3v) is 4.43. The zero-order chi connectivity index (χ0) is 15.4. The summed E-state index contributed by atoms with van der Waals surface area (Å²) >= 11 is 0. The first-order valence-corrected chi connectivity index (χ1v) is 8.23. The van der Waals surface area contributed by atoms with Crippen LogP contribution in [-0.4, -0.2) is 30.1 Å². The van der Waals surface area contributed by atoms with E-state index in [0.717, 1.165) is 18.2 Å². The Hall–Kier alpha value is -1.06. The smallest absolute Gasteiger partial charge is 0.120 e. The van der Waals surface area contributed by atoms with E-state index in [1.165, 1.54) is 18.4 Å². The third-order valence-electron chi connectivity index (χ3n) is 4.43. The van der Waals surface area contributed by atoms with Crippen molar-refractivity contribution in [2.45, 2.75) is 58.7 Å². The van der Waals surface area contributed by atoms with Gasteiger partial charge in [0.1, 0.15) is 5.75 Å². The molecule has 2 N–H and O–H groups in total. The first kappa shape index (κ1) is 16.3. The lowest BCUT2D eigenvalue weighted by Crippen LogP contribution is -2.44. The highest BCUT2D eigenvalue weighted by molar-refractivity contribution is 5.31. The highest BCUT2D eigenvalue weighted by Gasteiger charge is 2.29. The summed E-state index contributed by atoms with van der Waals surface area (Å²) in [6, 6.07) is 9.32. The fourth-order valence-electron chi connectivity index (χ4n) is 3.42. The molecule has 3 nitrogen and oxygen atoms in total. The number of hydrogen-bond donors (Lipinski definition) is 1. The lowest BCUT2D eigenvalue weighted by Gasteiger charge is -2.41. The van der Waals surface area contributed by atoms with E-state index < -0.39 is 0 Å². The molecule has 0 amide bonds. The average Bonchev–Trinajstić information content (AvgIpc) is 2.41. The van der Waals surface area contributed by atoms with Crippen molar-refractivity contribution in [3.05, 3.63) is 29.8 Å². The molecule has 3 heteroatoms. The molecule has 1 aliphatic rings. The minimum atomic E-state index is 0.200. The molecule has 0 bridgehead atoms. The fourth-order valence-corrected chi connectivity index (χ4v) is 3.42. The van der Waals surface area contributed by atoms with Crippen molar-refractivity contribution in [3.63, 3.8) is 0 Å². The van der Waals surface area contributed by atoms with E-state index in [1.54, 1.807) is 0 Å². The van der Waals surface area contributed by atoms with Crippen LogP contribution < -0.4 is 10.5 Å². The van der Waals surface area contributed by atoms with Gasteiger partial charge in [-0.05, 0) is 63.8 Å². The molecule has 1 aromatic carbocycles. The van der Waals surface area contributed by atoms with Crippen molar-refractivity contribution in [2.75, 3.05) is 13.1 Å². The minimum Gasteiger partial charge on any atom is -0.491 e. The molecule has 1 fully saturated rings. The Labute approximate surface area is 129 Å². The maximum Gasteiger partial charge on any atom is 0.120 e. The second-order valence-corrected chi connectivity index (χ2v) is 6.71. The molecule has 1 heterocycles. The summed E-state index contributed by atoms with van der Waals surface area (Å²) in [7, 11) is 0. The monoisotopic (exact) mass is 290 g/mol. The molecule has 118 valence electrons. The first-order valence-electron chi connectivity index (χ1n) is 8.23. The van der Waals surface area contributed by atoms with Crippen molar-refractivity contribution >= 4 is 0 Å². The molecule has 3 unspecified atom stereocenters. The van der Waals surface area contributed by atoms with Gasteiger partial charge < -0.3 is 10.5 Å². The Kier molecular flexibility index (Phi) is 5.65. The van der Waals surface area contributed by atoms with E-state index >= 15 is 0 Å². The van der Waals surface area contributed by atoms with Crippen molar-refractivity contribution in [1.29, 1.82) is 0 Å². The van der Waals surface area contributed by atoms with Gasteiger partial charge in [-0.3, -0.25) is 4.90 Å². The third kappa shape index (κ3) is 4.21. The van der Waals surface area contributed by atoms with Gasteiger partial charge >= 0.3 is 0 Å². The molecule has 0 spiro atoms. The molecule has 3 atom stereocenters. The number of rotatable bonds is 5. The molecule has 1 aliphatic heterocycles. The molecule has 0 aliphatic carbocycles. The Balaban J connectivity index is 2.17. The van der Waals surface area contributed by atoms with E-state index in [4.69, 9.17) is 10.5 Å². The maximum atomic E-state index is 6.10. The predicted octanol–water partition coefficient (Wildman–Crippen LogP) is 3.59. The fraction of sp³-hybridized carbons (Fsp3) is 0.667. The molecule has 1 aromatic rings. The molecule has 1 saturated heterocycles. The van der Waals surface area contributed by atoms with Crippen molar-refractivity contribution < 1.29 is 4.74 Å². The van der Waals surface area contributed by atoms with E-state index in [1.807, 2.05) is 6.07 Å². The Morgan fingerprint density at radius 3 is 2.71 bits per heavy atom. The Morgan fingerprint density at radius 1 is 1.33 bits per heavy atom. The van der Waals surface area contributed by atoms with Crippen molar-refractivity contribution in [2.24, 2.45) is 11.7 Å². The lowest BCUT2D eigenvalue weighted by molar-refractivity contribution is 0.0845. The molecular formula is C18H30N2O. The quantitative estimate of drug-likeness (QED) is 0.900. The summed E-state index contributed by atoms with van der Waals surface area (Å²) in [5.41, 5.74) is 7.38. The summed E-state index contributed by atoms with van der Waals surface area (Å²) in [6.45, 7) is 10.6. The van der Waals surface area contributed by atoms with Gasteiger partial charge in [0, 0.05) is 18.6 Å². The molecule has 2 rings (SSSR count). The van der Waals surface area contributed by atoms with Gasteiger partial charge in [-0.25, -0.2) is 0 Å². The van der Waals surface area contributed by atoms with Crippen LogP contribution in [0.4, 0.5) is 0 Å². The SMILES string of the molecule is CC1CCN(C(CN)c2cccc(OC(C)C)c2)C(C)C1. The highest BCUT2D eigenvalue weighted by Crippen LogP contribution is 2.31. The molecular weight excluding hydrogens is 260 g/mol. The summed E-state index contributed by atoms with van der Waals surface area (Å²) in [5.74, 6) is 1.77. The van der Waals surface area contributed by atoms with Gasteiger partial charge in [0.2, 0.25) is 0 Å². The van der Waals surface area contributed by atoms with Crippen LogP contribution in [0.2, 0.25) is 0 Å². The topological polar surface area (TPSA) is 38.5 Å². The first-order chi connectivity index (χ1) is 10.0. The van der Waals surface area contributed by atoms with Gasteiger partial charge in [0.05, 0.1) is 6.10 Å². The minimum absolute atomic E-state index is 0.200. The van der Waals surface area contributed by atoms with Gasteiger partial charge in [-0.15, -0.1) is 0 Å². The molecule has 21 heavy (non-hydrogen) atoms. The number of nitrogens with two attached hydrogens (primary N) is 1. The number of piperidine rings is 1. The molecule has 0 saturated carbocycles. The maximum absolute atomic E-state index is 6.10. The van der Waals surface area contributed by atoms with Crippen LogP contribution in [0.3, 0.4) is 0 Å². The van der Waals surface area contributed by atoms with Gasteiger partial charge in [0.25, 0.3) is 0 Å². The summed E-state index contributed by atoms with van der Waals surface area (Å²) < 4.78 is 5.82. The van der Waals surface area contributed by atoms with Gasteiger partial charge in [0.15, 0.2) is 0 Å². The lowest BCUT2D eigenvalue weighted by atomic mass is 9.90. The van der Waals surface area contributed by atoms with E-state index in [0.29, 0.717) is 18.6 Å². The highest BCUT2D eigenvalue weighted by atomic mass is 16.5. The van der Waals surface area contributed by atoms with Crippen LogP contribution in [-0.2, 0) is 0 Å². The van der Waals surface area contributed by atoms with Crippen LogP contribution in [0, 0.1) is 5.92 Å². The van der Waals surface area contributed by atoms with Crippen LogP contribution in [0.1, 0.15) is 52.1 Å². The van der Waals surface area contributed by atoms with Crippen LogP contribution in [0.15, 0.2) is 24.3 Å². The zero-order valence-electron chi connectivity index (χ0n) is 13.9. The largest absolute Gasteiger partial charge is 0.491 e. The number of benzene rings is 1. The second-order valence-electron chi connectivity index (χ2n) is 6.71. The van der Waals surface area contributed by atoms with Gasteiger partial charge in [-0.2, -0.15) is 0 Å². The van der Waals surface area contributed by atoms with Crippen LogP contribution >= 0.6 is 0 Å². The Bertz CT molecular complexity index is 447. The number of ether oxygens (including phenoxy) is 1. The van der Waals surface area contributed by atoms with E-state index in [2.05, 4.69) is 50.8 Å². The van der Waals surface area contributed by atoms with Crippen LogP contribution in [0.25, 0.3) is 0 Å². The second kappa shape index (κ2) is 7.28. The zero-order valence-corrected chi connectivity index (χ0v) is 13.9. The van der Waals surface area contributed by atoms with Gasteiger partial charge in [-0.1, -0.05) is 19.1 Å². The standard InChI is InChI=1S/C18H30N2O/c1-13(2)21-17-7-5-6-16(11-17)18(12-19)20-9-8-14(3)10-15(20)4/h5-7,11,13-15,18H,8-10,12,19H2,1-4H3. The van der Waals surface area contributed by atoms with E-state index in [-0.39, 0.29) is 6.10 Å².